The van der Waals surface area contributed by atoms with Crippen LogP contribution in [0, 0.1) is 0 Å². The Hall–Kier alpha value is -0.692. The molecule has 0 aliphatic rings. The molecule has 0 fully saturated rings. The standard InChI is InChI=1S/3CO.3H2N.W/c3*1-2;;;;/h;;;3*1H2;/q;;;3*-1;. The van der Waals surface area contributed by atoms with E-state index in [4.69, 9.17) is 0 Å². The molecule has 0 amide bonds. The SMILES string of the molecule is O=[C]=[W](=[C]=O)=[C]=O.[NH2-].[NH2-].[NH2-]. The average molecular weight is 316 g/mol. The van der Waals surface area contributed by atoms with Crippen molar-refractivity contribution in [2.24, 2.45) is 0 Å². The third-order valence-corrected chi connectivity index (χ3v) is 2.05. The topological polar surface area (TPSA) is 152 Å². The van der Waals surface area contributed by atoms with E-state index >= 15 is 0 Å². The van der Waals surface area contributed by atoms with Gasteiger partial charge in [-0.3, -0.25) is 0 Å². The molecule has 60 valence electrons. The molecule has 0 saturated carbocycles. The van der Waals surface area contributed by atoms with Gasteiger partial charge in [0, 0.05) is 0 Å². The predicted molar refractivity (Wildman–Crippen MR) is 32.9 cm³/mol. The van der Waals surface area contributed by atoms with Crippen LogP contribution in [0.2, 0.25) is 0 Å². The van der Waals surface area contributed by atoms with Crippen LogP contribution in [0.3, 0.4) is 0 Å². The molecule has 0 aliphatic heterocycles. The molecule has 0 saturated heterocycles. The summed E-state index contributed by atoms with van der Waals surface area (Å²) >= 11 is -3.05. The summed E-state index contributed by atoms with van der Waals surface area (Å²) in [4.78, 5) is 28.2. The van der Waals surface area contributed by atoms with Gasteiger partial charge in [-0.05, 0) is 0 Å². The molecule has 0 aromatic carbocycles. The summed E-state index contributed by atoms with van der Waals surface area (Å²) in [6.45, 7) is 0. The van der Waals surface area contributed by atoms with Gasteiger partial charge in [-0.2, -0.15) is 0 Å². The van der Waals surface area contributed by atoms with Crippen LogP contribution in [0.15, 0.2) is 0 Å². The molecule has 10 heavy (non-hydrogen) atoms. The molecule has 0 spiro atoms. The molecule has 0 bridgehead atoms. The van der Waals surface area contributed by atoms with Crippen molar-refractivity contribution in [2.45, 2.75) is 0 Å². The van der Waals surface area contributed by atoms with Crippen molar-refractivity contribution in [3.05, 3.63) is 18.5 Å². The fourth-order valence-electron chi connectivity index (χ4n) is 0.0510. The maximum Gasteiger partial charge on any atom is -0.693 e. The molecule has 0 aromatic heterocycles. The summed E-state index contributed by atoms with van der Waals surface area (Å²) < 4.78 is 3.90. The van der Waals surface area contributed by atoms with E-state index in [1.165, 1.54) is 12.8 Å². The Labute approximate surface area is 62.1 Å². The Bertz CT molecular complexity index is 218. The van der Waals surface area contributed by atoms with Crippen molar-refractivity contribution in [3.8, 4) is 0 Å². The van der Waals surface area contributed by atoms with E-state index in [9.17, 15) is 14.4 Å². The number of rotatable bonds is 0. The van der Waals surface area contributed by atoms with E-state index in [-0.39, 0.29) is 18.5 Å². The van der Waals surface area contributed by atoms with E-state index in [1.807, 2.05) is 0 Å². The molecular formula is C3H6N3O3W-3. The minimum atomic E-state index is -3.05. The fourth-order valence-corrected chi connectivity index (χ4v) is 0.418. The number of nitrogens with two attached hydrogens (primary N) is 3. The van der Waals surface area contributed by atoms with Crippen LogP contribution in [0.5, 0.6) is 0 Å². The molecule has 0 aromatic rings. The van der Waals surface area contributed by atoms with Crippen LogP contribution in [-0.4, -0.2) is 12.8 Å². The van der Waals surface area contributed by atoms with Crippen molar-refractivity contribution in [2.75, 3.05) is 0 Å². The molecular weight excluding hydrogens is 310 g/mol. The Kier molecular flexibility index (Phi) is 35.9. The molecule has 7 heteroatoms. The summed E-state index contributed by atoms with van der Waals surface area (Å²) in [7, 11) is 0. The van der Waals surface area contributed by atoms with Gasteiger partial charge < -0.3 is 18.5 Å². The second kappa shape index (κ2) is 15.7. The fraction of sp³-hybridized carbons (Fsp3) is 0. The van der Waals surface area contributed by atoms with E-state index in [0.717, 1.165) is 0 Å². The van der Waals surface area contributed by atoms with Crippen molar-refractivity contribution in [1.29, 1.82) is 0 Å². The van der Waals surface area contributed by atoms with Crippen LogP contribution in [0.25, 0.3) is 18.5 Å². The van der Waals surface area contributed by atoms with Gasteiger partial charge in [-0.1, -0.05) is 0 Å². The van der Waals surface area contributed by atoms with Gasteiger partial charge in [0.05, 0.1) is 0 Å². The number of hydrogen-bond donors (Lipinski definition) is 0. The Balaban J connectivity index is -0.0000000600. The van der Waals surface area contributed by atoms with Crippen molar-refractivity contribution in [3.63, 3.8) is 0 Å². The summed E-state index contributed by atoms with van der Waals surface area (Å²) in [6.07, 6.45) is 0. The zero-order valence-corrected chi connectivity index (χ0v) is 7.80. The maximum atomic E-state index is 9.40. The molecule has 0 rings (SSSR count). The zero-order chi connectivity index (χ0) is 5.70. The molecule has 0 radical (unpaired) electrons. The molecule has 0 atom stereocenters. The van der Waals surface area contributed by atoms with Gasteiger partial charge in [-0.25, -0.2) is 0 Å². The largest absolute Gasteiger partial charge is 0.693 e. The van der Waals surface area contributed by atoms with Crippen LogP contribution >= 0.6 is 0 Å². The van der Waals surface area contributed by atoms with Crippen LogP contribution in [0.1, 0.15) is 0 Å². The van der Waals surface area contributed by atoms with Crippen LogP contribution < -0.4 is 0 Å². The maximum absolute atomic E-state index is 9.40. The van der Waals surface area contributed by atoms with Gasteiger partial charge in [0.2, 0.25) is 0 Å². The monoisotopic (exact) mass is 316 g/mol. The summed E-state index contributed by atoms with van der Waals surface area (Å²) in [5.74, 6) is 0. The van der Waals surface area contributed by atoms with E-state index < -0.39 is 15.9 Å². The van der Waals surface area contributed by atoms with Gasteiger partial charge in [0.25, 0.3) is 0 Å². The predicted octanol–water partition coefficient (Wildman–Crippen LogP) is 0.957. The zero-order valence-electron chi connectivity index (χ0n) is 4.87. The molecule has 0 aliphatic carbocycles. The Morgan fingerprint density at radius 1 is 0.700 bits per heavy atom. The van der Waals surface area contributed by atoms with Gasteiger partial charge >= 0.3 is 43.1 Å². The van der Waals surface area contributed by atoms with E-state index in [1.54, 1.807) is 0 Å². The van der Waals surface area contributed by atoms with Gasteiger partial charge in [0.1, 0.15) is 0 Å². The summed E-state index contributed by atoms with van der Waals surface area (Å²) in [5, 5.41) is 0. The van der Waals surface area contributed by atoms with Crippen molar-refractivity contribution < 1.29 is 30.3 Å². The first kappa shape index (κ1) is 22.8. The van der Waals surface area contributed by atoms with Gasteiger partial charge in [-0.15, -0.1) is 0 Å². The van der Waals surface area contributed by atoms with Crippen LogP contribution in [-0.2, 0) is 30.3 Å². The van der Waals surface area contributed by atoms with E-state index in [0.29, 0.717) is 0 Å². The van der Waals surface area contributed by atoms with Gasteiger partial charge in [0.15, 0.2) is 0 Å². The quantitative estimate of drug-likeness (QED) is 0.654. The molecule has 6 nitrogen and oxygen atoms in total. The minimum absolute atomic E-state index is 0. The molecule has 0 unspecified atom stereocenters. The van der Waals surface area contributed by atoms with E-state index in [2.05, 4.69) is 0 Å². The third-order valence-electron chi connectivity index (χ3n) is 0.250. The number of carbonyl (C=O) groups excluding carboxylic acids is 3. The Morgan fingerprint density at radius 2 is 0.900 bits per heavy atom. The molecule has 6 N–H and O–H groups in total. The smallest absolute Gasteiger partial charge is 0.693 e. The summed E-state index contributed by atoms with van der Waals surface area (Å²) in [5.41, 5.74) is 0. The normalized spacial score (nSPS) is 3.60. The first-order chi connectivity index (χ1) is 3.35. The minimum Gasteiger partial charge on any atom is -0.693 e. The second-order valence-corrected chi connectivity index (χ2v) is 4.55. The first-order valence-electron chi connectivity index (χ1n) is 1.22. The van der Waals surface area contributed by atoms with Crippen molar-refractivity contribution >= 4 is 12.8 Å². The summed E-state index contributed by atoms with van der Waals surface area (Å²) in [6, 6.07) is 0. The number of hydrogen-bond acceptors (Lipinski definition) is 3. The third kappa shape index (κ3) is 10.3. The molecule has 0 heterocycles. The second-order valence-electron chi connectivity index (χ2n) is 0.556. The van der Waals surface area contributed by atoms with Crippen molar-refractivity contribution in [1.82, 2.24) is 0 Å². The van der Waals surface area contributed by atoms with Crippen LogP contribution in [0.4, 0.5) is 0 Å². The Morgan fingerprint density at radius 3 is 0.900 bits per heavy atom. The average Bonchev–Trinajstić information content (AvgIpc) is 1.72. The first-order valence-corrected chi connectivity index (χ1v) is 5.62.